The molecular weight excluding hydrogens is 248 g/mol. The van der Waals surface area contributed by atoms with Crippen LogP contribution >= 0.6 is 23.1 Å². The van der Waals surface area contributed by atoms with Gasteiger partial charge in [0.1, 0.15) is 5.44 Å². The van der Waals surface area contributed by atoms with E-state index in [2.05, 4.69) is 41.8 Å². The summed E-state index contributed by atoms with van der Waals surface area (Å²) in [5, 5.41) is 2.13. The van der Waals surface area contributed by atoms with Crippen LogP contribution in [0.5, 0.6) is 0 Å². The van der Waals surface area contributed by atoms with E-state index in [9.17, 15) is 0 Å². The lowest BCUT2D eigenvalue weighted by atomic mass is 10.1. The van der Waals surface area contributed by atoms with Gasteiger partial charge in [0.2, 0.25) is 0 Å². The van der Waals surface area contributed by atoms with Crippen molar-refractivity contribution in [2.24, 2.45) is 0 Å². The third-order valence-electron chi connectivity index (χ3n) is 2.83. The molecule has 1 unspecified atom stereocenters. The van der Waals surface area contributed by atoms with Gasteiger partial charge in [-0.15, -0.1) is 23.1 Å². The van der Waals surface area contributed by atoms with Gasteiger partial charge in [-0.05, 0) is 22.6 Å². The quantitative estimate of drug-likeness (QED) is 0.823. The van der Waals surface area contributed by atoms with E-state index in [4.69, 9.17) is 4.74 Å². The molecule has 17 heavy (non-hydrogen) atoms. The third kappa shape index (κ3) is 2.73. The van der Waals surface area contributed by atoms with Crippen molar-refractivity contribution in [3.05, 3.63) is 57.8 Å². The van der Waals surface area contributed by atoms with E-state index in [1.54, 1.807) is 0 Å². The molecule has 1 aromatic carbocycles. The largest absolute Gasteiger partial charge is 0.362 e. The SMILES string of the molecule is c1csc(Cc2ccc(C3OCCS3)cc2)c1. The van der Waals surface area contributed by atoms with Crippen LogP contribution in [0.25, 0.3) is 0 Å². The molecule has 1 nitrogen and oxygen atoms in total. The van der Waals surface area contributed by atoms with Crippen molar-refractivity contribution in [1.82, 2.24) is 0 Å². The first-order chi connectivity index (χ1) is 8.42. The van der Waals surface area contributed by atoms with Crippen LogP contribution in [0.1, 0.15) is 21.4 Å². The van der Waals surface area contributed by atoms with Crippen LogP contribution in [0, 0.1) is 0 Å². The summed E-state index contributed by atoms with van der Waals surface area (Å²) in [5.74, 6) is 1.11. The molecule has 1 fully saturated rings. The molecule has 1 saturated heterocycles. The van der Waals surface area contributed by atoms with Crippen molar-refractivity contribution in [2.75, 3.05) is 12.4 Å². The second-order valence-corrected chi connectivity index (χ2v) is 6.27. The van der Waals surface area contributed by atoms with Gasteiger partial charge in [0.25, 0.3) is 0 Å². The Morgan fingerprint density at radius 1 is 1.18 bits per heavy atom. The summed E-state index contributed by atoms with van der Waals surface area (Å²) in [6.07, 6.45) is 1.04. The molecule has 1 aliphatic heterocycles. The van der Waals surface area contributed by atoms with Gasteiger partial charge in [-0.1, -0.05) is 30.3 Å². The van der Waals surface area contributed by atoms with Gasteiger partial charge in [0.05, 0.1) is 6.61 Å². The molecule has 3 rings (SSSR count). The summed E-state index contributed by atoms with van der Waals surface area (Å²) in [6.45, 7) is 0.881. The average Bonchev–Trinajstić information content (AvgIpc) is 3.01. The molecule has 0 bridgehead atoms. The van der Waals surface area contributed by atoms with Crippen LogP contribution < -0.4 is 0 Å². The fourth-order valence-electron chi connectivity index (χ4n) is 1.96. The molecule has 88 valence electrons. The highest BCUT2D eigenvalue weighted by Crippen LogP contribution is 2.34. The van der Waals surface area contributed by atoms with Gasteiger partial charge in [0, 0.05) is 17.1 Å². The summed E-state index contributed by atoms with van der Waals surface area (Å²) in [7, 11) is 0. The number of benzene rings is 1. The van der Waals surface area contributed by atoms with Crippen LogP contribution in [-0.4, -0.2) is 12.4 Å². The lowest BCUT2D eigenvalue weighted by Gasteiger charge is -2.09. The molecule has 0 aliphatic carbocycles. The maximum Gasteiger partial charge on any atom is 0.128 e. The fraction of sp³-hybridized carbons (Fsp3) is 0.286. The van der Waals surface area contributed by atoms with Crippen LogP contribution in [0.3, 0.4) is 0 Å². The summed E-state index contributed by atoms with van der Waals surface area (Å²) >= 11 is 3.70. The van der Waals surface area contributed by atoms with Crippen molar-refractivity contribution < 1.29 is 4.74 Å². The number of ether oxygens (including phenoxy) is 1. The topological polar surface area (TPSA) is 9.23 Å². The Morgan fingerprint density at radius 2 is 2.06 bits per heavy atom. The highest BCUT2D eigenvalue weighted by molar-refractivity contribution is 7.99. The molecule has 0 amide bonds. The summed E-state index contributed by atoms with van der Waals surface area (Å²) < 4.78 is 5.65. The zero-order valence-electron chi connectivity index (χ0n) is 9.46. The van der Waals surface area contributed by atoms with Gasteiger partial charge in [0.15, 0.2) is 0 Å². The number of thioether (sulfide) groups is 1. The minimum Gasteiger partial charge on any atom is -0.362 e. The van der Waals surface area contributed by atoms with Crippen molar-refractivity contribution in [3.8, 4) is 0 Å². The van der Waals surface area contributed by atoms with Crippen LogP contribution in [0.15, 0.2) is 41.8 Å². The van der Waals surface area contributed by atoms with Crippen molar-refractivity contribution >= 4 is 23.1 Å². The average molecular weight is 262 g/mol. The zero-order valence-corrected chi connectivity index (χ0v) is 11.1. The van der Waals surface area contributed by atoms with Crippen molar-refractivity contribution in [1.29, 1.82) is 0 Å². The summed E-state index contributed by atoms with van der Waals surface area (Å²) in [6, 6.07) is 13.1. The first-order valence-corrected chi connectivity index (χ1v) is 7.69. The monoisotopic (exact) mass is 262 g/mol. The molecule has 0 N–H and O–H groups in total. The van der Waals surface area contributed by atoms with Crippen molar-refractivity contribution in [3.63, 3.8) is 0 Å². The van der Waals surface area contributed by atoms with Gasteiger partial charge < -0.3 is 4.74 Å². The smallest absolute Gasteiger partial charge is 0.128 e. The predicted molar refractivity (Wildman–Crippen MR) is 74.7 cm³/mol. The van der Waals surface area contributed by atoms with Gasteiger partial charge in [-0.25, -0.2) is 0 Å². The molecular formula is C14H14OS2. The van der Waals surface area contributed by atoms with E-state index < -0.39 is 0 Å². The number of thiophene rings is 1. The summed E-state index contributed by atoms with van der Waals surface area (Å²) in [4.78, 5) is 1.42. The highest BCUT2D eigenvalue weighted by atomic mass is 32.2. The molecule has 0 saturated carbocycles. The minimum atomic E-state index is 0.255. The Bertz CT molecular complexity index is 455. The second kappa shape index (κ2) is 5.25. The lowest BCUT2D eigenvalue weighted by molar-refractivity contribution is 0.145. The minimum absolute atomic E-state index is 0.255. The second-order valence-electron chi connectivity index (χ2n) is 4.07. The predicted octanol–water partition coefficient (Wildman–Crippen LogP) is 4.10. The maximum atomic E-state index is 5.65. The van der Waals surface area contributed by atoms with Gasteiger partial charge >= 0.3 is 0 Å². The summed E-state index contributed by atoms with van der Waals surface area (Å²) in [5.41, 5.74) is 2.92. The van der Waals surface area contributed by atoms with E-state index in [1.807, 2.05) is 23.1 Å². The van der Waals surface area contributed by atoms with Crippen LogP contribution in [-0.2, 0) is 11.2 Å². The lowest BCUT2D eigenvalue weighted by Crippen LogP contribution is -1.93. The van der Waals surface area contributed by atoms with Gasteiger partial charge in [-0.2, -0.15) is 0 Å². The van der Waals surface area contributed by atoms with E-state index in [1.165, 1.54) is 16.0 Å². The number of hydrogen-bond acceptors (Lipinski definition) is 3. The number of rotatable bonds is 3. The Labute approximate surface area is 110 Å². The Hall–Kier alpha value is -0.770. The molecule has 0 spiro atoms. The highest BCUT2D eigenvalue weighted by Gasteiger charge is 2.17. The van der Waals surface area contributed by atoms with E-state index >= 15 is 0 Å². The van der Waals surface area contributed by atoms with Gasteiger partial charge in [-0.3, -0.25) is 0 Å². The fourth-order valence-corrected chi connectivity index (χ4v) is 3.65. The van der Waals surface area contributed by atoms with Crippen LogP contribution in [0.4, 0.5) is 0 Å². The Kier molecular flexibility index (Phi) is 3.50. The normalized spacial score (nSPS) is 19.6. The van der Waals surface area contributed by atoms with Crippen molar-refractivity contribution in [2.45, 2.75) is 11.9 Å². The first kappa shape index (κ1) is 11.3. The van der Waals surface area contributed by atoms with E-state index in [0.29, 0.717) is 0 Å². The maximum absolute atomic E-state index is 5.65. The van der Waals surface area contributed by atoms with E-state index in [0.717, 1.165) is 18.8 Å². The molecule has 2 aromatic rings. The standard InChI is InChI=1S/C14H14OS2/c1-2-13(16-8-1)10-11-3-5-12(6-4-11)14-15-7-9-17-14/h1-6,8,14H,7,9-10H2. The first-order valence-electron chi connectivity index (χ1n) is 5.76. The molecule has 1 aliphatic rings. The third-order valence-corrected chi connectivity index (χ3v) is 4.82. The molecule has 3 heteroatoms. The van der Waals surface area contributed by atoms with Crippen LogP contribution in [0.2, 0.25) is 0 Å². The Balaban J connectivity index is 1.71. The molecule has 1 atom stereocenters. The molecule has 1 aromatic heterocycles. The number of hydrogen-bond donors (Lipinski definition) is 0. The molecule has 0 radical (unpaired) electrons. The Morgan fingerprint density at radius 3 is 2.71 bits per heavy atom. The van der Waals surface area contributed by atoms with E-state index in [-0.39, 0.29) is 5.44 Å². The molecule has 2 heterocycles. The zero-order chi connectivity index (χ0) is 11.5.